The van der Waals surface area contributed by atoms with E-state index in [2.05, 4.69) is 15.1 Å². The number of ether oxygens (including phenoxy) is 2. The first kappa shape index (κ1) is 17.6. The molecule has 0 unspecified atom stereocenters. The van der Waals surface area contributed by atoms with Crippen LogP contribution in [0.2, 0.25) is 0 Å². The molecule has 0 N–H and O–H groups in total. The number of methoxy groups -OCH3 is 1. The fourth-order valence-corrected chi connectivity index (χ4v) is 3.36. The van der Waals surface area contributed by atoms with Gasteiger partial charge in [-0.2, -0.15) is 4.98 Å². The van der Waals surface area contributed by atoms with Crippen LogP contribution in [0.25, 0.3) is 23.0 Å². The second-order valence-electron chi connectivity index (χ2n) is 6.70. The smallest absolute Gasteiger partial charge is 0.278 e. The zero-order valence-corrected chi connectivity index (χ0v) is 15.6. The van der Waals surface area contributed by atoms with Crippen molar-refractivity contribution in [3.63, 3.8) is 0 Å². The molecule has 3 heterocycles. The Bertz CT molecular complexity index is 1140. The number of fused-ring (bicyclic) bond motifs is 1. The van der Waals surface area contributed by atoms with Gasteiger partial charge >= 0.3 is 0 Å². The molecule has 0 radical (unpaired) electrons. The van der Waals surface area contributed by atoms with Gasteiger partial charge in [-0.3, -0.25) is 0 Å². The monoisotopic (exact) mass is 392 g/mol. The lowest BCUT2D eigenvalue weighted by Crippen LogP contribution is -2.20. The number of hydrogen-bond donors (Lipinski definition) is 0. The molecule has 5 rings (SSSR count). The number of aromatic nitrogens is 4. The van der Waals surface area contributed by atoms with E-state index in [4.69, 9.17) is 14.0 Å². The van der Waals surface area contributed by atoms with Crippen molar-refractivity contribution in [1.82, 2.24) is 19.7 Å². The van der Waals surface area contributed by atoms with Crippen LogP contribution in [0.15, 0.2) is 59.4 Å². The molecule has 1 aliphatic heterocycles. The van der Waals surface area contributed by atoms with Crippen molar-refractivity contribution in [1.29, 1.82) is 0 Å². The minimum atomic E-state index is -0.316. The highest BCUT2D eigenvalue weighted by Crippen LogP contribution is 2.32. The summed E-state index contributed by atoms with van der Waals surface area (Å²) < 4.78 is 31.8. The lowest BCUT2D eigenvalue weighted by molar-refractivity contribution is 0.00328. The van der Waals surface area contributed by atoms with E-state index >= 15 is 0 Å². The van der Waals surface area contributed by atoms with Gasteiger partial charge in [-0.05, 0) is 42.0 Å². The van der Waals surface area contributed by atoms with E-state index in [9.17, 15) is 4.39 Å². The quantitative estimate of drug-likeness (QED) is 0.522. The number of benzene rings is 2. The second kappa shape index (κ2) is 7.14. The SMILES string of the molecule is COc1ccc([C@H]2Cn3cnc(-c4nc(-c5ccc(F)cc5)no4)c3CO2)cc1. The number of hydrogen-bond acceptors (Lipinski definition) is 6. The molecule has 0 saturated heterocycles. The molecule has 4 aromatic rings. The van der Waals surface area contributed by atoms with Crippen LogP contribution >= 0.6 is 0 Å². The number of rotatable bonds is 4. The minimum absolute atomic E-state index is 0.0760. The van der Waals surface area contributed by atoms with Gasteiger partial charge in [0.15, 0.2) is 5.69 Å². The fourth-order valence-electron chi connectivity index (χ4n) is 3.36. The average molecular weight is 392 g/mol. The maximum atomic E-state index is 13.1. The number of nitrogens with zero attached hydrogens (tertiary/aromatic N) is 4. The van der Waals surface area contributed by atoms with Crippen LogP contribution in [-0.2, 0) is 17.9 Å². The summed E-state index contributed by atoms with van der Waals surface area (Å²) in [6.45, 7) is 1.01. The Labute approximate surface area is 165 Å². The maximum absolute atomic E-state index is 13.1. The summed E-state index contributed by atoms with van der Waals surface area (Å²) in [6, 6.07) is 13.8. The van der Waals surface area contributed by atoms with E-state index in [-0.39, 0.29) is 11.9 Å². The maximum Gasteiger partial charge on any atom is 0.278 e. The van der Waals surface area contributed by atoms with Gasteiger partial charge in [0.25, 0.3) is 5.89 Å². The van der Waals surface area contributed by atoms with Gasteiger partial charge in [-0.25, -0.2) is 9.37 Å². The van der Waals surface area contributed by atoms with E-state index in [1.807, 2.05) is 28.8 Å². The van der Waals surface area contributed by atoms with Crippen LogP contribution in [0.5, 0.6) is 5.75 Å². The summed E-state index contributed by atoms with van der Waals surface area (Å²) in [4.78, 5) is 8.86. The fraction of sp³-hybridized carbons (Fsp3) is 0.190. The third-order valence-electron chi connectivity index (χ3n) is 4.95. The summed E-state index contributed by atoms with van der Waals surface area (Å²) in [5.74, 6) is 1.19. The second-order valence-corrected chi connectivity index (χ2v) is 6.70. The Kier molecular flexibility index (Phi) is 4.33. The molecule has 8 heteroatoms. The molecule has 0 spiro atoms. The molecule has 1 atom stereocenters. The zero-order chi connectivity index (χ0) is 19.8. The van der Waals surface area contributed by atoms with Crippen molar-refractivity contribution >= 4 is 0 Å². The lowest BCUT2D eigenvalue weighted by atomic mass is 10.1. The molecular weight excluding hydrogens is 375 g/mol. The third-order valence-corrected chi connectivity index (χ3v) is 4.95. The van der Waals surface area contributed by atoms with Crippen molar-refractivity contribution in [3.8, 4) is 28.7 Å². The van der Waals surface area contributed by atoms with Gasteiger partial charge in [-0.1, -0.05) is 17.3 Å². The molecule has 2 aromatic heterocycles. The van der Waals surface area contributed by atoms with Crippen LogP contribution in [0, 0.1) is 5.82 Å². The molecule has 0 fully saturated rings. The molecule has 0 bridgehead atoms. The molecule has 0 aliphatic carbocycles. The molecule has 0 amide bonds. The van der Waals surface area contributed by atoms with Crippen molar-refractivity contribution in [2.75, 3.05) is 7.11 Å². The Morgan fingerprint density at radius 2 is 1.90 bits per heavy atom. The van der Waals surface area contributed by atoms with E-state index in [1.54, 1.807) is 25.6 Å². The van der Waals surface area contributed by atoms with Crippen LogP contribution in [0.1, 0.15) is 17.4 Å². The summed E-state index contributed by atoms with van der Waals surface area (Å²) in [5.41, 5.74) is 3.22. The van der Waals surface area contributed by atoms with Crippen LogP contribution in [0.3, 0.4) is 0 Å². The summed E-state index contributed by atoms with van der Waals surface area (Å²) in [5, 5.41) is 3.99. The van der Waals surface area contributed by atoms with Crippen LogP contribution in [-0.4, -0.2) is 26.8 Å². The van der Waals surface area contributed by atoms with Gasteiger partial charge in [0, 0.05) is 5.56 Å². The van der Waals surface area contributed by atoms with Gasteiger partial charge in [-0.15, -0.1) is 0 Å². The predicted octanol–water partition coefficient (Wildman–Crippen LogP) is 4.02. The van der Waals surface area contributed by atoms with E-state index in [1.165, 1.54) is 12.1 Å². The van der Waals surface area contributed by atoms with Crippen LogP contribution in [0.4, 0.5) is 4.39 Å². The third kappa shape index (κ3) is 3.27. The first-order valence-electron chi connectivity index (χ1n) is 9.11. The van der Waals surface area contributed by atoms with Crippen molar-refractivity contribution in [2.24, 2.45) is 0 Å². The molecule has 7 nitrogen and oxygen atoms in total. The Morgan fingerprint density at radius 3 is 2.66 bits per heavy atom. The zero-order valence-electron chi connectivity index (χ0n) is 15.6. The predicted molar refractivity (Wildman–Crippen MR) is 101 cm³/mol. The van der Waals surface area contributed by atoms with E-state index in [0.717, 1.165) is 17.0 Å². The van der Waals surface area contributed by atoms with E-state index < -0.39 is 0 Å². The van der Waals surface area contributed by atoms with Gasteiger partial charge in [0.1, 0.15) is 17.7 Å². The minimum Gasteiger partial charge on any atom is -0.497 e. The van der Waals surface area contributed by atoms with Crippen LogP contribution < -0.4 is 4.74 Å². The number of halogens is 1. The molecule has 29 heavy (non-hydrogen) atoms. The molecule has 0 saturated carbocycles. The summed E-state index contributed by atoms with van der Waals surface area (Å²) in [7, 11) is 1.64. The standard InChI is InChI=1S/C21H17FN4O3/c1-27-16-8-4-13(5-9-16)18-10-26-12-23-19(17(26)11-28-18)21-24-20(25-29-21)14-2-6-15(22)7-3-14/h2-9,12,18H,10-11H2,1H3/t18-/m1/s1. The molecular formula is C21H17FN4O3. The summed E-state index contributed by atoms with van der Waals surface area (Å²) >= 11 is 0. The first-order chi connectivity index (χ1) is 14.2. The highest BCUT2D eigenvalue weighted by molar-refractivity contribution is 5.59. The van der Waals surface area contributed by atoms with Crippen molar-refractivity contribution < 1.29 is 18.4 Å². The normalized spacial score (nSPS) is 15.9. The first-order valence-corrected chi connectivity index (χ1v) is 9.11. The highest BCUT2D eigenvalue weighted by Gasteiger charge is 2.26. The highest BCUT2D eigenvalue weighted by atomic mass is 19.1. The molecule has 1 aliphatic rings. The molecule has 146 valence electrons. The summed E-state index contributed by atoms with van der Waals surface area (Å²) in [6.07, 6.45) is 1.68. The Balaban J connectivity index is 1.38. The topological polar surface area (TPSA) is 75.2 Å². The van der Waals surface area contributed by atoms with Gasteiger partial charge < -0.3 is 18.6 Å². The van der Waals surface area contributed by atoms with Gasteiger partial charge in [0.2, 0.25) is 5.82 Å². The van der Waals surface area contributed by atoms with Crippen molar-refractivity contribution in [3.05, 3.63) is 71.9 Å². The molecule has 2 aromatic carbocycles. The van der Waals surface area contributed by atoms with E-state index in [0.29, 0.717) is 36.1 Å². The van der Waals surface area contributed by atoms with Crippen molar-refractivity contribution in [2.45, 2.75) is 19.3 Å². The average Bonchev–Trinajstić information content (AvgIpc) is 3.41. The Hall–Kier alpha value is -3.52. The Morgan fingerprint density at radius 1 is 1.10 bits per heavy atom. The van der Waals surface area contributed by atoms with Gasteiger partial charge in [0.05, 0.1) is 32.3 Å². The lowest BCUT2D eigenvalue weighted by Gasteiger charge is -2.25. The largest absolute Gasteiger partial charge is 0.497 e. The number of imidazole rings is 1.